The Morgan fingerprint density at radius 2 is 2.06 bits per heavy atom. The summed E-state index contributed by atoms with van der Waals surface area (Å²) in [6.45, 7) is 6.87. The van der Waals surface area contributed by atoms with Crippen LogP contribution in [0.1, 0.15) is 25.3 Å². The van der Waals surface area contributed by atoms with Gasteiger partial charge in [0.1, 0.15) is 11.4 Å². The van der Waals surface area contributed by atoms with Gasteiger partial charge < -0.3 is 24.8 Å². The SMILES string of the molecule is CCNC(=O)NC[C@@H]1CC[C@@]2(COCCN(Cc3ccc(OC)c4ccccc34)C2)O1. The van der Waals surface area contributed by atoms with Crippen LogP contribution in [0, 0.1) is 0 Å². The number of carbonyl (C=O) groups excluding carboxylic acids is 1. The monoisotopic (exact) mass is 427 g/mol. The Kier molecular flexibility index (Phi) is 6.95. The first-order valence-corrected chi connectivity index (χ1v) is 11.2. The predicted octanol–water partition coefficient (Wildman–Crippen LogP) is 2.92. The molecule has 4 rings (SSSR count). The minimum atomic E-state index is -0.313. The third-order valence-electron chi connectivity index (χ3n) is 6.18. The van der Waals surface area contributed by atoms with Gasteiger partial charge >= 0.3 is 6.03 Å². The zero-order chi connectivity index (χ0) is 21.7. The fourth-order valence-corrected chi connectivity index (χ4v) is 4.70. The predicted molar refractivity (Wildman–Crippen MR) is 121 cm³/mol. The molecule has 2 aliphatic rings. The summed E-state index contributed by atoms with van der Waals surface area (Å²) < 4.78 is 18.0. The Hall–Kier alpha value is -2.35. The maximum atomic E-state index is 11.7. The number of amides is 2. The van der Waals surface area contributed by atoms with Crippen LogP contribution in [-0.4, -0.2) is 69.1 Å². The highest BCUT2D eigenvalue weighted by molar-refractivity contribution is 5.91. The van der Waals surface area contributed by atoms with Gasteiger partial charge in [-0.1, -0.05) is 30.3 Å². The third kappa shape index (κ3) is 5.11. The first kappa shape index (κ1) is 21.9. The molecule has 0 bridgehead atoms. The van der Waals surface area contributed by atoms with E-state index < -0.39 is 0 Å². The van der Waals surface area contributed by atoms with E-state index in [4.69, 9.17) is 14.2 Å². The highest BCUT2D eigenvalue weighted by Gasteiger charge is 2.43. The minimum absolute atomic E-state index is 0.0213. The van der Waals surface area contributed by atoms with Gasteiger partial charge in [-0.2, -0.15) is 0 Å². The number of methoxy groups -OCH3 is 1. The second-order valence-corrected chi connectivity index (χ2v) is 8.44. The van der Waals surface area contributed by atoms with Crippen LogP contribution in [0.15, 0.2) is 36.4 Å². The summed E-state index contributed by atoms with van der Waals surface area (Å²) >= 11 is 0. The average Bonchev–Trinajstić information content (AvgIpc) is 3.07. The molecule has 2 atom stereocenters. The zero-order valence-electron chi connectivity index (χ0n) is 18.5. The number of benzene rings is 2. The van der Waals surface area contributed by atoms with Gasteiger partial charge in [0, 0.05) is 38.1 Å². The Labute approximate surface area is 184 Å². The molecule has 0 unspecified atom stereocenters. The summed E-state index contributed by atoms with van der Waals surface area (Å²) in [5, 5.41) is 8.02. The van der Waals surface area contributed by atoms with E-state index in [9.17, 15) is 4.79 Å². The Morgan fingerprint density at radius 3 is 2.87 bits per heavy atom. The number of nitrogens with one attached hydrogen (secondary N) is 2. The fraction of sp³-hybridized carbons (Fsp3) is 0.542. The molecular formula is C24H33N3O4. The first-order chi connectivity index (χ1) is 15.1. The summed E-state index contributed by atoms with van der Waals surface area (Å²) in [6, 6.07) is 12.5. The van der Waals surface area contributed by atoms with E-state index >= 15 is 0 Å². The molecule has 2 N–H and O–H groups in total. The maximum Gasteiger partial charge on any atom is 0.314 e. The molecule has 0 aliphatic carbocycles. The number of urea groups is 1. The smallest absolute Gasteiger partial charge is 0.314 e. The van der Waals surface area contributed by atoms with Crippen LogP contribution in [0.5, 0.6) is 5.75 Å². The second-order valence-electron chi connectivity index (χ2n) is 8.44. The van der Waals surface area contributed by atoms with Crippen molar-refractivity contribution in [3.8, 4) is 5.75 Å². The summed E-state index contributed by atoms with van der Waals surface area (Å²) in [5.41, 5.74) is 0.965. The highest BCUT2D eigenvalue weighted by atomic mass is 16.6. The number of hydrogen-bond donors (Lipinski definition) is 2. The molecule has 2 amide bonds. The summed E-state index contributed by atoms with van der Waals surface area (Å²) in [4.78, 5) is 14.1. The van der Waals surface area contributed by atoms with E-state index in [0.29, 0.717) is 26.3 Å². The van der Waals surface area contributed by atoms with Crippen LogP contribution >= 0.6 is 0 Å². The quantitative estimate of drug-likeness (QED) is 0.742. The third-order valence-corrected chi connectivity index (χ3v) is 6.18. The van der Waals surface area contributed by atoms with Gasteiger partial charge in [0.05, 0.1) is 26.4 Å². The Morgan fingerprint density at radius 1 is 1.23 bits per heavy atom. The van der Waals surface area contributed by atoms with Crippen LogP contribution in [0.2, 0.25) is 0 Å². The van der Waals surface area contributed by atoms with Gasteiger partial charge in [0.2, 0.25) is 0 Å². The second kappa shape index (κ2) is 9.85. The maximum absolute atomic E-state index is 11.7. The lowest BCUT2D eigenvalue weighted by atomic mass is 9.99. The molecule has 7 heteroatoms. The normalized spacial score (nSPS) is 24.3. The van der Waals surface area contributed by atoms with Crippen LogP contribution < -0.4 is 15.4 Å². The fourth-order valence-electron chi connectivity index (χ4n) is 4.70. The van der Waals surface area contributed by atoms with Crippen molar-refractivity contribution in [3.63, 3.8) is 0 Å². The summed E-state index contributed by atoms with van der Waals surface area (Å²) in [5.74, 6) is 0.900. The number of nitrogens with zero attached hydrogens (tertiary/aromatic N) is 1. The molecule has 7 nitrogen and oxygen atoms in total. The molecule has 2 aliphatic heterocycles. The molecule has 0 saturated carbocycles. The van der Waals surface area contributed by atoms with Crippen molar-refractivity contribution in [2.24, 2.45) is 0 Å². The molecule has 168 valence electrons. The largest absolute Gasteiger partial charge is 0.496 e. The van der Waals surface area contributed by atoms with Crippen molar-refractivity contribution in [1.29, 1.82) is 0 Å². The van der Waals surface area contributed by atoms with Crippen molar-refractivity contribution >= 4 is 16.8 Å². The zero-order valence-corrected chi connectivity index (χ0v) is 18.5. The molecule has 2 aromatic carbocycles. The van der Waals surface area contributed by atoms with Crippen molar-refractivity contribution < 1.29 is 19.0 Å². The minimum Gasteiger partial charge on any atom is -0.496 e. The lowest BCUT2D eigenvalue weighted by molar-refractivity contribution is -0.0847. The van der Waals surface area contributed by atoms with Crippen LogP contribution in [0.3, 0.4) is 0 Å². The van der Waals surface area contributed by atoms with Crippen molar-refractivity contribution in [2.75, 3.05) is 46.5 Å². The van der Waals surface area contributed by atoms with Crippen LogP contribution in [0.25, 0.3) is 10.8 Å². The van der Waals surface area contributed by atoms with E-state index in [0.717, 1.165) is 43.6 Å². The molecule has 2 heterocycles. The molecule has 2 fully saturated rings. The number of hydrogen-bond acceptors (Lipinski definition) is 5. The molecule has 2 aromatic rings. The van der Waals surface area contributed by atoms with E-state index in [2.05, 4.69) is 45.9 Å². The number of ether oxygens (including phenoxy) is 3. The van der Waals surface area contributed by atoms with Gasteiger partial charge in [-0.25, -0.2) is 4.79 Å². The van der Waals surface area contributed by atoms with E-state index in [-0.39, 0.29) is 17.7 Å². The van der Waals surface area contributed by atoms with E-state index in [1.165, 1.54) is 10.9 Å². The number of carbonyl (C=O) groups is 1. The van der Waals surface area contributed by atoms with Crippen LogP contribution in [0.4, 0.5) is 4.79 Å². The lowest BCUT2D eigenvalue weighted by Crippen LogP contribution is -2.46. The Bertz CT molecular complexity index is 906. The topological polar surface area (TPSA) is 72.1 Å². The van der Waals surface area contributed by atoms with Crippen molar-refractivity contribution in [3.05, 3.63) is 42.0 Å². The molecule has 0 radical (unpaired) electrons. The van der Waals surface area contributed by atoms with Crippen molar-refractivity contribution in [2.45, 2.75) is 38.0 Å². The van der Waals surface area contributed by atoms with Crippen LogP contribution in [-0.2, 0) is 16.0 Å². The van der Waals surface area contributed by atoms with Gasteiger partial charge in [-0.3, -0.25) is 4.90 Å². The number of rotatable bonds is 6. The molecule has 1 spiro atoms. The van der Waals surface area contributed by atoms with E-state index in [1.807, 2.05) is 13.0 Å². The van der Waals surface area contributed by atoms with Gasteiger partial charge in [0.25, 0.3) is 0 Å². The lowest BCUT2D eigenvalue weighted by Gasteiger charge is -2.32. The first-order valence-electron chi connectivity index (χ1n) is 11.2. The molecular weight excluding hydrogens is 394 g/mol. The van der Waals surface area contributed by atoms with Crippen molar-refractivity contribution in [1.82, 2.24) is 15.5 Å². The highest BCUT2D eigenvalue weighted by Crippen LogP contribution is 2.34. The Balaban J connectivity index is 1.44. The molecule has 2 saturated heterocycles. The molecule has 0 aromatic heterocycles. The molecule has 31 heavy (non-hydrogen) atoms. The van der Waals surface area contributed by atoms with Gasteiger partial charge in [0.15, 0.2) is 0 Å². The van der Waals surface area contributed by atoms with Gasteiger partial charge in [-0.15, -0.1) is 0 Å². The standard InChI is InChI=1S/C24H33N3O4/c1-3-25-23(28)26-14-19-10-11-24(31-19)16-27(12-13-30-17-24)15-18-8-9-22(29-2)21-7-5-4-6-20(18)21/h4-9,19H,3,10-17H2,1-2H3,(H2,25,26,28)/t19-,24+/m0/s1. The summed E-state index contributed by atoms with van der Waals surface area (Å²) in [6.07, 6.45) is 1.89. The summed E-state index contributed by atoms with van der Waals surface area (Å²) in [7, 11) is 1.71. The average molecular weight is 428 g/mol. The van der Waals surface area contributed by atoms with E-state index in [1.54, 1.807) is 7.11 Å². The van der Waals surface area contributed by atoms with Gasteiger partial charge in [-0.05, 0) is 36.8 Å². The number of fused-ring (bicyclic) bond motifs is 1.